The van der Waals surface area contributed by atoms with Gasteiger partial charge < -0.3 is 0 Å². The van der Waals surface area contributed by atoms with Crippen LogP contribution in [0.15, 0.2) is 0 Å². The van der Waals surface area contributed by atoms with Crippen LogP contribution in [0.2, 0.25) is 0 Å². The first-order valence-corrected chi connectivity index (χ1v) is 0.258. The van der Waals surface area contributed by atoms with Crippen LogP contribution < -0.4 is 0 Å². The summed E-state index contributed by atoms with van der Waals surface area (Å²) in [5.41, 5.74) is 0. The van der Waals surface area contributed by atoms with Gasteiger partial charge in [-0.05, 0) is 0 Å². The van der Waals surface area contributed by atoms with Crippen LogP contribution in [-0.2, 0) is 0 Å². The van der Waals surface area contributed by atoms with Gasteiger partial charge in [0.15, 0.2) is 0 Å². The van der Waals surface area contributed by atoms with Crippen LogP contribution in [0.1, 0.15) is 0 Å². The molecule has 0 atom stereocenters. The second kappa shape index (κ2) is 11.8. The summed E-state index contributed by atoms with van der Waals surface area (Å²) in [6.45, 7) is 3.50. The summed E-state index contributed by atoms with van der Waals surface area (Å²) in [5, 5.41) is 6.50. The zero-order valence-corrected chi connectivity index (χ0v) is 1.88. The third-order valence-electron chi connectivity index (χ3n) is 0. The second-order valence-corrected chi connectivity index (χ2v) is 0. The van der Waals surface area contributed by atoms with E-state index in [-0.39, 0.29) is 10.2 Å². The molecule has 1 radical (unpaired) electrons. The molecule has 4 heavy (non-hydrogen) atoms. The van der Waals surface area contributed by atoms with E-state index in [9.17, 15) is 0 Å². The van der Waals surface area contributed by atoms with Crippen LogP contribution in [0.3, 0.4) is 0 Å². The Balaban J connectivity index is -0.00000000500. The largest absolute Gasteiger partial charge is 0.269 e. The highest BCUT2D eigenvalue weighted by Crippen LogP contribution is 0.586. The molecule has 25 valence electrons. The van der Waals surface area contributed by atoms with Crippen LogP contribution in [0.5, 0.6) is 0 Å². The van der Waals surface area contributed by atoms with Gasteiger partial charge in [0, 0.05) is 6.57 Å². The summed E-state index contributed by atoms with van der Waals surface area (Å²) in [7, 11) is 0. The lowest BCUT2D eigenvalue weighted by Gasteiger charge is -0.668. The van der Waals surface area contributed by atoms with E-state index in [2.05, 4.69) is 6.57 Å². The van der Waals surface area contributed by atoms with Crippen LogP contribution >= 0.6 is 0 Å². The highest BCUT2D eigenvalue weighted by atomic mass is 19.0. The van der Waals surface area contributed by atoms with Crippen molar-refractivity contribution in [1.29, 1.82) is 5.26 Å². The van der Waals surface area contributed by atoms with E-state index >= 15 is 0 Å². The molecule has 0 saturated heterocycles. The van der Waals surface area contributed by atoms with Crippen LogP contribution in [-0.4, -0.2) is 5.48 Å². The maximum atomic E-state index is 6.50. The van der Waals surface area contributed by atoms with Gasteiger partial charge in [0.05, 0.1) is 0 Å². The molecule has 0 aromatic rings. The van der Waals surface area contributed by atoms with Crippen molar-refractivity contribution in [2.45, 2.75) is 0 Å². The Morgan fingerprint density at radius 2 is 1.25 bits per heavy atom. The highest BCUT2D eigenvalue weighted by Gasteiger charge is 0.513. The normalized spacial score (nSPS) is 0.500. The summed E-state index contributed by atoms with van der Waals surface area (Å²) in [5.74, 6) is 0. The number of rotatable bonds is 0. The van der Waals surface area contributed by atoms with Gasteiger partial charge >= 0.3 is 0 Å². The quantitative estimate of drug-likeness (QED) is 0.427. The van der Waals surface area contributed by atoms with Gasteiger partial charge in [-0.15, -0.1) is 0 Å². The Kier molecular flexibility index (Phi) is 391. The zero-order valence-electron chi connectivity index (χ0n) is 1.88. The molecule has 0 spiro atoms. The predicted molar refractivity (Wildman–Crippen MR) is 11.1 cm³/mol. The smallest absolute Gasteiger partial charge is 0.0462 e. The molecule has 0 bridgehead atoms. The Morgan fingerprint density at radius 3 is 1.25 bits per heavy atom. The summed E-state index contributed by atoms with van der Waals surface area (Å²) in [6.07, 6.45) is 0. The molecule has 2 nitrogen and oxygen atoms in total. The van der Waals surface area contributed by atoms with E-state index < -0.39 is 0 Å². The van der Waals surface area contributed by atoms with Crippen molar-refractivity contribution in [3.8, 4) is 6.57 Å². The fourth-order valence-electron chi connectivity index (χ4n) is 0. The molecule has 0 amide bonds. The van der Waals surface area contributed by atoms with Crippen LogP contribution in [0.25, 0.3) is 0 Å². The van der Waals surface area contributed by atoms with Crippen LogP contribution in [0.4, 0.5) is 4.70 Å². The zero-order chi connectivity index (χ0) is 2.00. The monoisotopic (exact) mass is 64.0 g/mol. The molecular formula is CH3FNO. The van der Waals surface area contributed by atoms with Gasteiger partial charge in [0.25, 0.3) is 0 Å². The first-order valence-electron chi connectivity index (χ1n) is 0.258. The third-order valence-corrected chi connectivity index (χ3v) is 0. The summed E-state index contributed by atoms with van der Waals surface area (Å²) < 4.78 is 0. The molecule has 0 saturated carbocycles. The Labute approximate surface area is 23.3 Å². The second-order valence-electron chi connectivity index (χ2n) is 0. The van der Waals surface area contributed by atoms with Gasteiger partial charge in [-0.1, -0.05) is 0 Å². The van der Waals surface area contributed by atoms with E-state index in [1.54, 1.807) is 0 Å². The number of halogens is 1. The molecule has 3 heteroatoms. The first-order chi connectivity index (χ1) is 1.00. The van der Waals surface area contributed by atoms with Gasteiger partial charge in [-0.3, -0.25) is 10.2 Å². The Bertz CT molecular complexity index is 12.8. The first kappa shape index (κ1) is 133. The molecule has 0 aromatic heterocycles. The van der Waals surface area contributed by atoms with Gasteiger partial charge in [0.2, 0.25) is 0 Å². The van der Waals surface area contributed by atoms with Crippen molar-refractivity contribution in [3.63, 3.8) is 0 Å². The van der Waals surface area contributed by atoms with Crippen molar-refractivity contribution < 1.29 is 10.2 Å². The Morgan fingerprint density at radius 1 is 1.25 bits per heavy atom. The molecule has 1 N–H and O–H groups in total. The highest BCUT2D eigenvalue weighted by molar-refractivity contribution is 4.03. The fraction of sp³-hybridized carbons (Fsp3) is 0. The lowest BCUT2D eigenvalue weighted by molar-refractivity contribution is 0.824. The minimum Gasteiger partial charge on any atom is -0.269 e. The standard InChI is InChI=1S/CHN.FH.HO/c1-2;;/h1H;2*1H. The van der Waals surface area contributed by atoms with Gasteiger partial charge in [-0.25, -0.2) is 5.26 Å². The molecule has 0 unspecified atom stereocenters. The van der Waals surface area contributed by atoms with Gasteiger partial charge in [0.1, 0.15) is 0 Å². The number of hydrogen-bond acceptors (Lipinski definition) is 1. The number of nitriles is 1. The molecule has 0 aliphatic carbocycles. The molecule has 0 aliphatic rings. The van der Waals surface area contributed by atoms with E-state index in [1.807, 2.05) is 0 Å². The maximum absolute atomic E-state index is 6.50. The van der Waals surface area contributed by atoms with Crippen LogP contribution in [0, 0.1) is 11.8 Å². The van der Waals surface area contributed by atoms with Crippen molar-refractivity contribution in [3.05, 3.63) is 0 Å². The van der Waals surface area contributed by atoms with Crippen molar-refractivity contribution in [1.82, 2.24) is 0 Å². The lowest BCUT2D eigenvalue weighted by atomic mass is 11.9. The third kappa shape index (κ3) is 0.518. The number of hydrogen-bond donors (Lipinski definition) is 1. The van der Waals surface area contributed by atoms with Crippen molar-refractivity contribution in [2.75, 3.05) is 0 Å². The molecule has 0 heterocycles. The maximum Gasteiger partial charge on any atom is 0.0462 e. The summed E-state index contributed by atoms with van der Waals surface area (Å²) in [4.78, 5) is 0. The molecule has 0 aliphatic heterocycles. The van der Waals surface area contributed by atoms with E-state index in [0.29, 0.717) is 0 Å². The molecular weight excluding hydrogens is 61.0 g/mol. The predicted octanol–water partition coefficient (Wildman–Crippen LogP) is 0.115. The van der Waals surface area contributed by atoms with E-state index in [4.69, 9.17) is 5.26 Å². The van der Waals surface area contributed by atoms with Crippen molar-refractivity contribution >= 4 is 0 Å². The average molecular weight is 64.0 g/mol. The SMILES string of the molecule is C#N.F.[OH]. The van der Waals surface area contributed by atoms with E-state index in [1.165, 1.54) is 0 Å². The molecule has 0 rings (SSSR count). The van der Waals surface area contributed by atoms with Gasteiger partial charge in [-0.2, -0.15) is 0 Å². The Hall–Kier alpha value is -0.620. The lowest BCUT2D eigenvalue weighted by Crippen LogP contribution is -0.569. The van der Waals surface area contributed by atoms with Crippen molar-refractivity contribution in [2.24, 2.45) is 0 Å². The fourth-order valence-corrected chi connectivity index (χ4v) is 0. The topological polar surface area (TPSA) is 53.8 Å². The van der Waals surface area contributed by atoms with E-state index in [0.717, 1.165) is 0 Å². The summed E-state index contributed by atoms with van der Waals surface area (Å²) in [6, 6.07) is 0. The number of nitrogens with zero attached hydrogens (tertiary/aromatic N) is 1. The minimum absolute atomic E-state index is 0. The molecule has 0 fully saturated rings. The summed E-state index contributed by atoms with van der Waals surface area (Å²) >= 11 is 0. The average Bonchev–Trinajstić information content (AvgIpc) is 1.00. The molecule has 0 aromatic carbocycles. The minimum atomic E-state index is 0.